The molecule has 2 N–H and O–H groups in total. The Morgan fingerprint density at radius 2 is 2.06 bits per heavy atom. The number of nitrogens with two attached hydrogens (primary N) is 1. The summed E-state index contributed by atoms with van der Waals surface area (Å²) in [7, 11) is -3.28. The number of hydrogen-bond donors (Lipinski definition) is 1. The number of rotatable bonds is 2. The van der Waals surface area contributed by atoms with E-state index in [0.717, 1.165) is 11.1 Å². The maximum Gasteiger partial charge on any atom is 0.203 e. The summed E-state index contributed by atoms with van der Waals surface area (Å²) >= 11 is 0. The van der Waals surface area contributed by atoms with Crippen molar-refractivity contribution < 1.29 is 8.42 Å². The van der Waals surface area contributed by atoms with Crippen LogP contribution in [0.3, 0.4) is 0 Å². The number of benzene rings is 1. The third-order valence-corrected chi connectivity index (χ3v) is 4.55. The maximum atomic E-state index is 12.1. The minimum atomic E-state index is -3.28. The van der Waals surface area contributed by atoms with Gasteiger partial charge in [-0.1, -0.05) is 12.1 Å². The molecule has 0 saturated carbocycles. The first kappa shape index (κ1) is 11.4. The summed E-state index contributed by atoms with van der Waals surface area (Å²) in [5, 5.41) is 0. The van der Waals surface area contributed by atoms with Crippen molar-refractivity contribution in [1.29, 1.82) is 0 Å². The highest BCUT2D eigenvalue weighted by Crippen LogP contribution is 2.35. The van der Waals surface area contributed by atoms with E-state index in [1.807, 2.05) is 26.0 Å². The van der Waals surface area contributed by atoms with Crippen LogP contribution in [0.15, 0.2) is 28.0 Å². The largest absolute Gasteiger partial charge is 0.328 e. The van der Waals surface area contributed by atoms with Crippen LogP contribution in [0.1, 0.15) is 24.5 Å². The molecule has 1 atom stereocenters. The van der Waals surface area contributed by atoms with E-state index in [4.69, 9.17) is 5.73 Å². The predicted molar refractivity (Wildman–Crippen MR) is 64.6 cm³/mol. The van der Waals surface area contributed by atoms with Crippen LogP contribution in [-0.4, -0.2) is 14.5 Å². The molecule has 1 aromatic rings. The summed E-state index contributed by atoms with van der Waals surface area (Å²) in [6.45, 7) is 3.70. The Kier molecular flexibility index (Phi) is 2.64. The molecule has 4 heteroatoms. The van der Waals surface area contributed by atoms with Crippen molar-refractivity contribution in [1.82, 2.24) is 0 Å². The number of aryl methyl sites for hydroxylation is 1. The Morgan fingerprint density at radius 3 is 2.69 bits per heavy atom. The third-order valence-electron chi connectivity index (χ3n) is 2.64. The van der Waals surface area contributed by atoms with Gasteiger partial charge in [-0.15, -0.1) is 0 Å². The fraction of sp³-hybridized carbons (Fsp3) is 0.333. The van der Waals surface area contributed by atoms with E-state index in [1.54, 1.807) is 12.1 Å². The van der Waals surface area contributed by atoms with Gasteiger partial charge in [0.15, 0.2) is 0 Å². The molecule has 3 nitrogen and oxygen atoms in total. The molecule has 2 rings (SSSR count). The maximum absolute atomic E-state index is 12.1. The molecule has 0 fully saturated rings. The zero-order chi connectivity index (χ0) is 11.9. The van der Waals surface area contributed by atoms with E-state index in [2.05, 4.69) is 0 Å². The van der Waals surface area contributed by atoms with E-state index in [-0.39, 0.29) is 6.04 Å². The van der Waals surface area contributed by atoms with Crippen molar-refractivity contribution in [3.05, 3.63) is 34.2 Å². The highest BCUT2D eigenvalue weighted by Gasteiger charge is 2.29. The molecule has 1 aliphatic rings. The number of hydrogen-bond acceptors (Lipinski definition) is 3. The molecule has 0 amide bonds. The first-order valence-corrected chi connectivity index (χ1v) is 6.71. The molecule has 0 bridgehead atoms. The SMILES string of the molecule is Cc1ccc2c(c1)S(=O)(=O)C(CC(C)N)=C2. The monoisotopic (exact) mass is 237 g/mol. The van der Waals surface area contributed by atoms with E-state index >= 15 is 0 Å². The zero-order valence-electron chi connectivity index (χ0n) is 9.40. The quantitative estimate of drug-likeness (QED) is 0.854. The first-order valence-electron chi connectivity index (χ1n) is 5.23. The molecule has 1 heterocycles. The minimum absolute atomic E-state index is 0.142. The van der Waals surface area contributed by atoms with Gasteiger partial charge in [0.1, 0.15) is 0 Å². The van der Waals surface area contributed by atoms with Crippen LogP contribution >= 0.6 is 0 Å². The molecule has 16 heavy (non-hydrogen) atoms. The van der Waals surface area contributed by atoms with Gasteiger partial charge in [-0.3, -0.25) is 0 Å². The Morgan fingerprint density at radius 1 is 1.38 bits per heavy atom. The molecule has 0 aromatic heterocycles. The molecular formula is C12H15NO2S. The molecule has 1 aliphatic heterocycles. The van der Waals surface area contributed by atoms with Gasteiger partial charge >= 0.3 is 0 Å². The zero-order valence-corrected chi connectivity index (χ0v) is 10.2. The van der Waals surface area contributed by atoms with Crippen LogP contribution in [0.4, 0.5) is 0 Å². The summed E-state index contributed by atoms with van der Waals surface area (Å²) in [5.41, 5.74) is 7.39. The van der Waals surface area contributed by atoms with Crippen LogP contribution in [0, 0.1) is 6.92 Å². The van der Waals surface area contributed by atoms with Gasteiger partial charge in [-0.25, -0.2) is 8.42 Å². The van der Waals surface area contributed by atoms with Crippen LogP contribution in [0.2, 0.25) is 0 Å². The first-order chi connectivity index (χ1) is 7.41. The summed E-state index contributed by atoms with van der Waals surface area (Å²) < 4.78 is 24.3. The van der Waals surface area contributed by atoms with Crippen LogP contribution in [0.5, 0.6) is 0 Å². The van der Waals surface area contributed by atoms with Gasteiger partial charge in [0.2, 0.25) is 9.84 Å². The summed E-state index contributed by atoms with van der Waals surface area (Å²) in [4.78, 5) is 0.853. The lowest BCUT2D eigenvalue weighted by atomic mass is 10.1. The van der Waals surface area contributed by atoms with E-state index < -0.39 is 9.84 Å². The van der Waals surface area contributed by atoms with Gasteiger partial charge in [-0.2, -0.15) is 0 Å². The van der Waals surface area contributed by atoms with Crippen LogP contribution in [-0.2, 0) is 9.84 Å². The molecule has 86 valence electrons. The van der Waals surface area contributed by atoms with Crippen molar-refractivity contribution in [2.75, 3.05) is 0 Å². The summed E-state index contributed by atoms with van der Waals surface area (Å²) in [5.74, 6) is 0. The second-order valence-corrected chi connectivity index (χ2v) is 6.31. The third kappa shape index (κ3) is 1.79. The smallest absolute Gasteiger partial charge is 0.203 e. The minimum Gasteiger partial charge on any atom is -0.328 e. The molecule has 1 unspecified atom stereocenters. The molecule has 1 aromatic carbocycles. The number of sulfone groups is 1. The number of fused-ring (bicyclic) bond motifs is 1. The van der Waals surface area contributed by atoms with Crippen molar-refractivity contribution in [2.24, 2.45) is 5.73 Å². The van der Waals surface area contributed by atoms with Gasteiger partial charge in [-0.05, 0) is 43.5 Å². The van der Waals surface area contributed by atoms with Gasteiger partial charge in [0.05, 0.1) is 9.80 Å². The van der Waals surface area contributed by atoms with Crippen molar-refractivity contribution in [3.8, 4) is 0 Å². The van der Waals surface area contributed by atoms with Gasteiger partial charge in [0.25, 0.3) is 0 Å². The summed E-state index contributed by atoms with van der Waals surface area (Å²) in [6.07, 6.45) is 2.13. The summed E-state index contributed by atoms with van der Waals surface area (Å²) in [6, 6.07) is 5.34. The normalized spacial score (nSPS) is 19.1. The van der Waals surface area contributed by atoms with Crippen LogP contribution in [0.25, 0.3) is 6.08 Å². The van der Waals surface area contributed by atoms with Crippen molar-refractivity contribution in [2.45, 2.75) is 31.2 Å². The lowest BCUT2D eigenvalue weighted by molar-refractivity contribution is 0.599. The van der Waals surface area contributed by atoms with E-state index in [0.29, 0.717) is 16.2 Å². The Labute approximate surface area is 95.9 Å². The standard InChI is InChI=1S/C12H15NO2S/c1-8-3-4-10-7-11(6-9(2)13)16(14,15)12(10)5-8/h3-5,7,9H,6,13H2,1-2H3. The van der Waals surface area contributed by atoms with Crippen LogP contribution < -0.4 is 5.73 Å². The predicted octanol–water partition coefficient (Wildman–Crippen LogP) is 1.86. The lowest BCUT2D eigenvalue weighted by Gasteiger charge is -2.06. The topological polar surface area (TPSA) is 60.2 Å². The average Bonchev–Trinajstić information content (AvgIpc) is 2.40. The highest BCUT2D eigenvalue weighted by molar-refractivity contribution is 7.95. The van der Waals surface area contributed by atoms with Crippen molar-refractivity contribution in [3.63, 3.8) is 0 Å². The van der Waals surface area contributed by atoms with Gasteiger partial charge in [0, 0.05) is 6.04 Å². The van der Waals surface area contributed by atoms with Crippen molar-refractivity contribution >= 4 is 15.9 Å². The molecule has 0 saturated heterocycles. The molecule has 0 radical (unpaired) electrons. The second kappa shape index (κ2) is 3.71. The molecular weight excluding hydrogens is 222 g/mol. The highest BCUT2D eigenvalue weighted by atomic mass is 32.2. The van der Waals surface area contributed by atoms with Gasteiger partial charge < -0.3 is 5.73 Å². The Balaban J connectivity index is 2.52. The average molecular weight is 237 g/mol. The molecule has 0 aliphatic carbocycles. The molecule has 0 spiro atoms. The fourth-order valence-corrected chi connectivity index (χ4v) is 3.70. The Bertz CT molecular complexity index is 556. The second-order valence-electron chi connectivity index (χ2n) is 4.34. The van der Waals surface area contributed by atoms with E-state index in [1.165, 1.54) is 0 Å². The lowest BCUT2D eigenvalue weighted by Crippen LogP contribution is -2.17. The van der Waals surface area contributed by atoms with E-state index in [9.17, 15) is 8.42 Å². The Hall–Kier alpha value is -1.13. The fourth-order valence-electron chi connectivity index (χ4n) is 1.87.